The summed E-state index contributed by atoms with van der Waals surface area (Å²) < 4.78 is 0. The maximum absolute atomic E-state index is 11.9. The van der Waals surface area contributed by atoms with E-state index in [9.17, 15) is 4.79 Å². The minimum Gasteiger partial charge on any atom is -0.294 e. The van der Waals surface area contributed by atoms with Crippen molar-refractivity contribution in [2.75, 3.05) is 0 Å². The predicted octanol–water partition coefficient (Wildman–Crippen LogP) is 2.32. The number of benzene rings is 1. The third-order valence-electron chi connectivity index (χ3n) is 2.42. The van der Waals surface area contributed by atoms with E-state index in [0.717, 1.165) is 5.56 Å². The Morgan fingerprint density at radius 3 is 2.71 bits per heavy atom. The van der Waals surface area contributed by atoms with E-state index < -0.39 is 0 Å². The van der Waals surface area contributed by atoms with Crippen LogP contribution >= 0.6 is 0 Å². The number of aromatic amines is 1. The fourth-order valence-corrected chi connectivity index (χ4v) is 1.54. The molecule has 1 N–H and O–H groups in total. The quantitative estimate of drug-likeness (QED) is 0.815. The van der Waals surface area contributed by atoms with E-state index in [1.807, 2.05) is 43.3 Å². The van der Waals surface area contributed by atoms with Gasteiger partial charge in [0.25, 0.3) is 0 Å². The van der Waals surface area contributed by atoms with Crippen LogP contribution in [0.3, 0.4) is 0 Å². The number of hydrogen-bond donors (Lipinski definition) is 1. The van der Waals surface area contributed by atoms with Crippen molar-refractivity contribution >= 4 is 17.4 Å². The summed E-state index contributed by atoms with van der Waals surface area (Å²) in [6.45, 7) is 1.83. The molecule has 4 heteroatoms. The Kier molecular flexibility index (Phi) is 3.45. The summed E-state index contributed by atoms with van der Waals surface area (Å²) in [5, 5.41) is 10.2. The lowest BCUT2D eigenvalue weighted by molar-refractivity contribution is -0.113. The molecule has 0 radical (unpaired) electrons. The molecular weight excluding hydrogens is 214 g/mol. The maximum atomic E-state index is 11.9. The van der Waals surface area contributed by atoms with Gasteiger partial charge in [-0.15, -0.1) is 0 Å². The first-order valence-electron chi connectivity index (χ1n) is 5.47. The second kappa shape index (κ2) is 5.21. The number of ketones is 1. The van der Waals surface area contributed by atoms with Gasteiger partial charge in [-0.3, -0.25) is 4.79 Å². The highest BCUT2D eigenvalue weighted by molar-refractivity contribution is 6.24. The number of Topliss-reactive ketones (excluding diaryl/α,β-unsaturated/α-hetero) is 1. The normalized spacial score (nSPS) is 11.5. The molecule has 0 amide bonds. The van der Waals surface area contributed by atoms with Crippen LogP contribution in [0.2, 0.25) is 0 Å². The molecule has 0 bridgehead atoms. The number of carbonyl (C=O) groups is 1. The Hall–Kier alpha value is -2.23. The first kappa shape index (κ1) is 11.3. The molecular formula is C13H13N3O. The van der Waals surface area contributed by atoms with Crippen molar-refractivity contribution in [3.63, 3.8) is 0 Å². The Balaban J connectivity index is 2.41. The first-order chi connectivity index (χ1) is 8.31. The highest BCUT2D eigenvalue weighted by Crippen LogP contribution is 2.17. The third kappa shape index (κ3) is 2.66. The topological polar surface area (TPSA) is 58.6 Å². The van der Waals surface area contributed by atoms with Crippen LogP contribution < -0.4 is 0 Å². The molecule has 0 aliphatic heterocycles. The molecule has 0 unspecified atom stereocenters. The number of hydrogen-bond acceptors (Lipinski definition) is 3. The van der Waals surface area contributed by atoms with Crippen molar-refractivity contribution in [1.29, 1.82) is 0 Å². The standard InChI is InChI=1S/C13H13N3O/c1-2-13(17)11(12-9-14-16-15-12)8-10-6-4-3-5-7-10/h3-9H,2H2,1H3,(H,14,15,16)/b11-8+. The van der Waals surface area contributed by atoms with E-state index in [4.69, 9.17) is 0 Å². The van der Waals surface area contributed by atoms with Gasteiger partial charge in [-0.05, 0) is 11.6 Å². The monoisotopic (exact) mass is 227 g/mol. The van der Waals surface area contributed by atoms with Gasteiger partial charge in [0, 0.05) is 12.0 Å². The van der Waals surface area contributed by atoms with Crippen molar-refractivity contribution in [1.82, 2.24) is 15.4 Å². The lowest BCUT2D eigenvalue weighted by Crippen LogP contribution is -2.00. The van der Waals surface area contributed by atoms with Gasteiger partial charge >= 0.3 is 0 Å². The Bertz CT molecular complexity index is 515. The van der Waals surface area contributed by atoms with E-state index >= 15 is 0 Å². The van der Waals surface area contributed by atoms with Crippen LogP contribution in [0.25, 0.3) is 11.6 Å². The van der Waals surface area contributed by atoms with Crippen LogP contribution in [0.1, 0.15) is 24.6 Å². The van der Waals surface area contributed by atoms with Crippen molar-refractivity contribution < 1.29 is 4.79 Å². The Labute approximate surface area is 99.4 Å². The second-order valence-corrected chi connectivity index (χ2v) is 3.60. The number of allylic oxidation sites excluding steroid dienone is 1. The average molecular weight is 227 g/mol. The molecule has 0 aliphatic rings. The van der Waals surface area contributed by atoms with Crippen molar-refractivity contribution in [2.24, 2.45) is 0 Å². The summed E-state index contributed by atoms with van der Waals surface area (Å²) in [7, 11) is 0. The number of aromatic nitrogens is 3. The van der Waals surface area contributed by atoms with Crippen molar-refractivity contribution in [3.8, 4) is 0 Å². The van der Waals surface area contributed by atoms with Crippen LogP contribution in [0, 0.1) is 0 Å². The van der Waals surface area contributed by atoms with E-state index in [0.29, 0.717) is 17.7 Å². The number of carbonyl (C=O) groups excluding carboxylic acids is 1. The molecule has 0 spiro atoms. The SMILES string of the molecule is CCC(=O)/C(=C/c1ccccc1)c1cn[nH]n1. The number of nitrogens with zero attached hydrogens (tertiary/aromatic N) is 2. The summed E-state index contributed by atoms with van der Waals surface area (Å²) in [6.07, 6.45) is 3.84. The highest BCUT2D eigenvalue weighted by Gasteiger charge is 2.12. The van der Waals surface area contributed by atoms with Crippen LogP contribution in [0.4, 0.5) is 0 Å². The lowest BCUT2D eigenvalue weighted by Gasteiger charge is -2.01. The van der Waals surface area contributed by atoms with Crippen molar-refractivity contribution in [3.05, 3.63) is 47.8 Å². The van der Waals surface area contributed by atoms with Gasteiger partial charge in [0.05, 0.1) is 6.20 Å². The lowest BCUT2D eigenvalue weighted by atomic mass is 10.0. The van der Waals surface area contributed by atoms with Gasteiger partial charge in [0.15, 0.2) is 5.78 Å². The molecule has 4 nitrogen and oxygen atoms in total. The molecule has 0 fully saturated rings. The second-order valence-electron chi connectivity index (χ2n) is 3.60. The zero-order chi connectivity index (χ0) is 12.1. The number of H-pyrrole nitrogens is 1. The zero-order valence-electron chi connectivity index (χ0n) is 9.55. The van der Waals surface area contributed by atoms with Gasteiger partial charge in [-0.2, -0.15) is 15.4 Å². The van der Waals surface area contributed by atoms with E-state index in [1.165, 1.54) is 0 Å². The summed E-state index contributed by atoms with van der Waals surface area (Å²) in [5.74, 6) is 0.0581. The fraction of sp³-hybridized carbons (Fsp3) is 0.154. The van der Waals surface area contributed by atoms with Crippen molar-refractivity contribution in [2.45, 2.75) is 13.3 Å². The zero-order valence-corrected chi connectivity index (χ0v) is 9.55. The minimum atomic E-state index is 0.0581. The van der Waals surface area contributed by atoms with E-state index in [2.05, 4.69) is 15.4 Å². The van der Waals surface area contributed by atoms with Gasteiger partial charge < -0.3 is 0 Å². The molecule has 2 rings (SSSR count). The van der Waals surface area contributed by atoms with Gasteiger partial charge in [0.1, 0.15) is 5.69 Å². The Morgan fingerprint density at radius 2 is 2.12 bits per heavy atom. The van der Waals surface area contributed by atoms with Crippen LogP contribution in [-0.4, -0.2) is 21.2 Å². The number of rotatable bonds is 4. The fourth-order valence-electron chi connectivity index (χ4n) is 1.54. The van der Waals surface area contributed by atoms with Gasteiger partial charge in [0.2, 0.25) is 0 Å². The molecule has 17 heavy (non-hydrogen) atoms. The summed E-state index contributed by atoms with van der Waals surface area (Å²) >= 11 is 0. The average Bonchev–Trinajstić information content (AvgIpc) is 2.90. The summed E-state index contributed by atoms with van der Waals surface area (Å²) in [4.78, 5) is 11.9. The molecule has 0 saturated carbocycles. The summed E-state index contributed by atoms with van der Waals surface area (Å²) in [5.41, 5.74) is 2.15. The molecule has 1 aromatic heterocycles. The van der Waals surface area contributed by atoms with Crippen LogP contribution in [0.5, 0.6) is 0 Å². The predicted molar refractivity (Wildman–Crippen MR) is 66.0 cm³/mol. The smallest absolute Gasteiger partial charge is 0.164 e. The van der Waals surface area contributed by atoms with E-state index in [-0.39, 0.29) is 5.78 Å². The minimum absolute atomic E-state index is 0.0581. The molecule has 2 aromatic rings. The molecule has 86 valence electrons. The van der Waals surface area contributed by atoms with Crippen LogP contribution in [0.15, 0.2) is 36.5 Å². The maximum Gasteiger partial charge on any atom is 0.164 e. The molecule has 1 aromatic carbocycles. The molecule has 1 heterocycles. The van der Waals surface area contributed by atoms with E-state index in [1.54, 1.807) is 6.20 Å². The summed E-state index contributed by atoms with van der Waals surface area (Å²) in [6, 6.07) is 9.70. The Morgan fingerprint density at radius 1 is 1.35 bits per heavy atom. The first-order valence-corrected chi connectivity index (χ1v) is 5.47. The third-order valence-corrected chi connectivity index (χ3v) is 2.42. The highest BCUT2D eigenvalue weighted by atomic mass is 16.1. The van der Waals surface area contributed by atoms with Gasteiger partial charge in [-0.25, -0.2) is 0 Å². The van der Waals surface area contributed by atoms with Gasteiger partial charge in [-0.1, -0.05) is 37.3 Å². The van der Waals surface area contributed by atoms with Crippen LogP contribution in [-0.2, 0) is 4.79 Å². The largest absolute Gasteiger partial charge is 0.294 e. The molecule has 0 aliphatic carbocycles. The molecule has 0 atom stereocenters. The number of nitrogens with one attached hydrogen (secondary N) is 1. The molecule has 0 saturated heterocycles.